The number of aromatic amines is 1. The smallest absolute Gasteiger partial charge is 0.257 e. The molecule has 1 aliphatic heterocycles. The van der Waals surface area contributed by atoms with Gasteiger partial charge in [0.2, 0.25) is 11.8 Å². The molecule has 7 nitrogen and oxygen atoms in total. The quantitative estimate of drug-likeness (QED) is 0.568. The van der Waals surface area contributed by atoms with Crippen LogP contribution in [-0.4, -0.2) is 28.0 Å². The van der Waals surface area contributed by atoms with Gasteiger partial charge >= 0.3 is 0 Å². The summed E-state index contributed by atoms with van der Waals surface area (Å²) in [6.45, 7) is 0. The number of carbonyl (C=O) groups is 2. The summed E-state index contributed by atoms with van der Waals surface area (Å²) < 4.78 is 26.7. The normalized spacial score (nSPS) is 16.1. The number of aromatic nitrogens is 2. The van der Waals surface area contributed by atoms with Crippen LogP contribution < -0.4 is 16.2 Å². The van der Waals surface area contributed by atoms with E-state index >= 15 is 0 Å². The van der Waals surface area contributed by atoms with Crippen molar-refractivity contribution in [1.29, 1.82) is 0 Å². The number of amides is 2. The predicted molar refractivity (Wildman–Crippen MR) is 87.6 cm³/mol. The van der Waals surface area contributed by atoms with Gasteiger partial charge in [-0.2, -0.15) is 0 Å². The number of rotatable bonds is 3. The molecular weight excluding hydrogens is 354 g/mol. The van der Waals surface area contributed by atoms with Crippen LogP contribution in [0.15, 0.2) is 28.2 Å². The molecule has 10 heteroatoms. The van der Waals surface area contributed by atoms with E-state index in [9.17, 15) is 23.2 Å². The number of hydrogen-bond acceptors (Lipinski definition) is 5. The molecule has 0 radical (unpaired) electrons. The second-order valence-corrected chi connectivity index (χ2v) is 6.05. The first-order valence-corrected chi connectivity index (χ1v) is 8.35. The fourth-order valence-electron chi connectivity index (χ4n) is 2.48. The number of carbonyl (C=O) groups excluding carboxylic acids is 2. The first-order chi connectivity index (χ1) is 11.9. The Kier molecular flexibility index (Phi) is 4.53. The highest BCUT2D eigenvalue weighted by molar-refractivity contribution is 7.98. The summed E-state index contributed by atoms with van der Waals surface area (Å²) in [4.78, 5) is 43.2. The third-order valence-electron chi connectivity index (χ3n) is 3.63. The van der Waals surface area contributed by atoms with Gasteiger partial charge in [0.15, 0.2) is 5.16 Å². The monoisotopic (exact) mass is 366 g/mol. The number of thioether (sulfide) groups is 1. The lowest BCUT2D eigenvalue weighted by atomic mass is 9.92. The van der Waals surface area contributed by atoms with E-state index in [1.807, 2.05) is 0 Å². The van der Waals surface area contributed by atoms with Crippen molar-refractivity contribution in [1.82, 2.24) is 9.97 Å². The maximum atomic E-state index is 13.7. The lowest BCUT2D eigenvalue weighted by Crippen LogP contribution is -2.36. The Balaban J connectivity index is 1.96. The number of nitrogens with zero attached hydrogens (tertiary/aromatic N) is 1. The summed E-state index contributed by atoms with van der Waals surface area (Å²) in [6.07, 6.45) is 1.40. The van der Waals surface area contributed by atoms with E-state index in [1.54, 1.807) is 6.26 Å². The van der Waals surface area contributed by atoms with Crippen LogP contribution in [0.25, 0.3) is 0 Å². The molecule has 1 aliphatic rings. The number of halogens is 2. The Hall–Kier alpha value is -2.75. The maximum Gasteiger partial charge on any atom is 0.257 e. The minimum Gasteiger partial charge on any atom is -0.323 e. The molecule has 0 saturated heterocycles. The molecule has 3 N–H and O–H groups in total. The second kappa shape index (κ2) is 6.63. The van der Waals surface area contributed by atoms with Gasteiger partial charge in [-0.1, -0.05) is 11.8 Å². The number of benzene rings is 1. The number of hydrogen-bond donors (Lipinski definition) is 3. The highest BCUT2D eigenvalue weighted by Gasteiger charge is 2.35. The Morgan fingerprint density at radius 1 is 1.36 bits per heavy atom. The van der Waals surface area contributed by atoms with Crippen LogP contribution in [0, 0.1) is 11.6 Å². The van der Waals surface area contributed by atoms with Gasteiger partial charge < -0.3 is 15.6 Å². The summed E-state index contributed by atoms with van der Waals surface area (Å²) in [5.74, 6) is -4.13. The average molecular weight is 366 g/mol. The zero-order valence-corrected chi connectivity index (χ0v) is 13.7. The Bertz CT molecular complexity index is 931. The van der Waals surface area contributed by atoms with Crippen LogP contribution in [0.1, 0.15) is 17.9 Å². The van der Waals surface area contributed by atoms with E-state index in [0.29, 0.717) is 6.07 Å². The fraction of sp³-hybridized carbons (Fsp3) is 0.200. The molecule has 0 spiro atoms. The topological polar surface area (TPSA) is 104 Å². The molecule has 0 saturated carbocycles. The Labute approximate surface area is 144 Å². The van der Waals surface area contributed by atoms with Gasteiger partial charge in [0.05, 0.1) is 17.2 Å². The third-order valence-corrected chi connectivity index (χ3v) is 4.21. The summed E-state index contributed by atoms with van der Waals surface area (Å²) >= 11 is 1.17. The molecule has 3 rings (SSSR count). The zero-order valence-electron chi connectivity index (χ0n) is 12.9. The Morgan fingerprint density at radius 2 is 2.12 bits per heavy atom. The summed E-state index contributed by atoms with van der Waals surface area (Å²) in [5, 5.41) is 5.02. The predicted octanol–water partition coefficient (Wildman–Crippen LogP) is 1.83. The SMILES string of the molecule is CSc1nc2c(c(=O)[nH]1)C(C(=O)Nc1ccc(F)cc1F)CC(=O)N2. The van der Waals surface area contributed by atoms with Gasteiger partial charge in [-0.3, -0.25) is 14.4 Å². The number of nitrogens with one attached hydrogen (secondary N) is 3. The average Bonchev–Trinajstić information content (AvgIpc) is 2.55. The van der Waals surface area contributed by atoms with Crippen LogP contribution >= 0.6 is 11.8 Å². The molecule has 25 heavy (non-hydrogen) atoms. The highest BCUT2D eigenvalue weighted by atomic mass is 32.2. The minimum absolute atomic E-state index is 0.00239. The van der Waals surface area contributed by atoms with Gasteiger partial charge in [-0.05, 0) is 18.4 Å². The van der Waals surface area contributed by atoms with Gasteiger partial charge in [0.1, 0.15) is 17.5 Å². The lowest BCUT2D eigenvalue weighted by Gasteiger charge is -2.23. The van der Waals surface area contributed by atoms with E-state index in [1.165, 1.54) is 11.8 Å². The van der Waals surface area contributed by atoms with Crippen molar-refractivity contribution < 1.29 is 18.4 Å². The van der Waals surface area contributed by atoms with Crippen LogP contribution in [0.4, 0.5) is 20.3 Å². The molecule has 2 amide bonds. The zero-order chi connectivity index (χ0) is 18.1. The summed E-state index contributed by atoms with van der Waals surface area (Å²) in [6, 6.07) is 2.67. The van der Waals surface area contributed by atoms with Crippen LogP contribution in [0.5, 0.6) is 0 Å². The van der Waals surface area contributed by atoms with E-state index in [4.69, 9.17) is 0 Å². The van der Waals surface area contributed by atoms with Crippen molar-refractivity contribution in [2.24, 2.45) is 0 Å². The van der Waals surface area contributed by atoms with Crippen LogP contribution in [0.2, 0.25) is 0 Å². The molecule has 0 fully saturated rings. The lowest BCUT2D eigenvalue weighted by molar-refractivity contribution is -0.123. The van der Waals surface area contributed by atoms with Gasteiger partial charge in [-0.15, -0.1) is 0 Å². The van der Waals surface area contributed by atoms with E-state index < -0.39 is 34.9 Å². The molecule has 0 aliphatic carbocycles. The number of H-pyrrole nitrogens is 1. The molecule has 130 valence electrons. The molecule has 1 aromatic carbocycles. The first-order valence-electron chi connectivity index (χ1n) is 7.13. The maximum absolute atomic E-state index is 13.7. The van der Waals surface area contributed by atoms with Crippen molar-refractivity contribution in [2.45, 2.75) is 17.5 Å². The highest BCUT2D eigenvalue weighted by Crippen LogP contribution is 2.30. The largest absolute Gasteiger partial charge is 0.323 e. The summed E-state index contributed by atoms with van der Waals surface area (Å²) in [5.41, 5.74) is -0.810. The summed E-state index contributed by atoms with van der Waals surface area (Å²) in [7, 11) is 0. The molecule has 1 atom stereocenters. The number of anilines is 2. The van der Waals surface area contributed by atoms with Gasteiger partial charge in [0.25, 0.3) is 5.56 Å². The molecule has 2 heterocycles. The second-order valence-electron chi connectivity index (χ2n) is 5.26. The standard InChI is InChI=1S/C15H12F2N4O3S/c1-25-15-20-12-11(14(24)21-15)7(5-10(22)19-12)13(23)18-9-3-2-6(16)4-8(9)17/h2-4,7H,5H2,1H3,(H,18,23)(H2,19,20,21,22,24). The Morgan fingerprint density at radius 3 is 2.80 bits per heavy atom. The van der Waals surface area contributed by atoms with Crippen LogP contribution in [0.3, 0.4) is 0 Å². The van der Waals surface area contributed by atoms with Crippen molar-refractivity contribution in [2.75, 3.05) is 16.9 Å². The van der Waals surface area contributed by atoms with E-state index in [2.05, 4.69) is 20.6 Å². The fourth-order valence-corrected chi connectivity index (χ4v) is 2.86. The molecule has 1 unspecified atom stereocenters. The molecule has 2 aromatic rings. The molecule has 0 bridgehead atoms. The van der Waals surface area contributed by atoms with Crippen LogP contribution in [-0.2, 0) is 9.59 Å². The van der Waals surface area contributed by atoms with Gasteiger partial charge in [-0.25, -0.2) is 13.8 Å². The van der Waals surface area contributed by atoms with Crippen molar-refractivity contribution in [3.05, 3.63) is 45.8 Å². The van der Waals surface area contributed by atoms with Crippen molar-refractivity contribution in [3.63, 3.8) is 0 Å². The van der Waals surface area contributed by atoms with Crippen molar-refractivity contribution >= 4 is 35.1 Å². The van der Waals surface area contributed by atoms with Crippen molar-refractivity contribution in [3.8, 4) is 0 Å². The first kappa shape index (κ1) is 17.1. The number of fused-ring (bicyclic) bond motifs is 1. The van der Waals surface area contributed by atoms with Gasteiger partial charge in [0, 0.05) is 12.5 Å². The van der Waals surface area contributed by atoms with E-state index in [0.717, 1.165) is 12.1 Å². The minimum atomic E-state index is -1.14. The van der Waals surface area contributed by atoms with E-state index in [-0.39, 0.29) is 28.6 Å². The third kappa shape index (κ3) is 3.38. The molecular formula is C15H12F2N4O3S. The molecule has 1 aromatic heterocycles.